The van der Waals surface area contributed by atoms with Gasteiger partial charge in [-0.25, -0.2) is 4.79 Å². The summed E-state index contributed by atoms with van der Waals surface area (Å²) in [5.41, 5.74) is 20.5. The molecule has 36 nitrogen and oxygen atoms in total. The van der Waals surface area contributed by atoms with E-state index in [-0.39, 0.29) is 44.6 Å². The number of fused-ring (bicyclic) bond motifs is 2. The second kappa shape index (κ2) is 38.4. The molecule has 11 amide bonds. The molecular formula is C57H82N18O18. The fraction of sp³-hybridized carbons (Fsp3) is 0.474. The van der Waals surface area contributed by atoms with Crippen LogP contribution in [-0.4, -0.2) is 232 Å². The molecule has 9 atom stereocenters. The van der Waals surface area contributed by atoms with Crippen LogP contribution >= 0.6 is 0 Å². The molecule has 25 N–H and O–H groups in total. The number of aliphatic hydroxyl groups excluding tert-OH is 3. The number of nitrogens with zero attached hydrogens (tertiary/aromatic N) is 1. The molecule has 0 bridgehead atoms. The van der Waals surface area contributed by atoms with Crippen molar-refractivity contribution in [3.8, 4) is 0 Å². The Bertz CT molecular complexity index is 3300. The van der Waals surface area contributed by atoms with Gasteiger partial charge in [-0.15, -0.1) is 0 Å². The van der Waals surface area contributed by atoms with E-state index < -0.39 is 177 Å². The van der Waals surface area contributed by atoms with Gasteiger partial charge in [0.25, 0.3) is 0 Å². The normalized spacial score (nSPS) is 14.2. The number of carboxylic acids is 2. The van der Waals surface area contributed by atoms with Gasteiger partial charge in [-0.3, -0.25) is 62.5 Å². The Labute approximate surface area is 531 Å². The first-order valence-electron chi connectivity index (χ1n) is 29.4. The van der Waals surface area contributed by atoms with Crippen molar-refractivity contribution in [2.45, 2.75) is 113 Å². The van der Waals surface area contributed by atoms with Crippen molar-refractivity contribution in [1.29, 1.82) is 0 Å². The Morgan fingerprint density at radius 2 is 0.935 bits per heavy atom. The minimum atomic E-state index is -1.84. The maximum atomic E-state index is 13.6. The number of carboxylic acid groups (broad SMARTS) is 2. The molecule has 2 heterocycles. The maximum Gasteiger partial charge on any atom is 0.326 e. The molecule has 508 valence electrons. The van der Waals surface area contributed by atoms with Crippen LogP contribution in [0.3, 0.4) is 0 Å². The van der Waals surface area contributed by atoms with E-state index in [1.807, 2.05) is 24.3 Å². The lowest BCUT2D eigenvalue weighted by Gasteiger charge is -2.25. The lowest BCUT2D eigenvalue weighted by Crippen LogP contribution is -2.60. The third kappa shape index (κ3) is 26.2. The summed E-state index contributed by atoms with van der Waals surface area (Å²) >= 11 is 0. The van der Waals surface area contributed by atoms with Gasteiger partial charge in [-0.1, -0.05) is 36.4 Å². The van der Waals surface area contributed by atoms with Gasteiger partial charge in [0.1, 0.15) is 36.3 Å². The number of hydrogen-bond acceptors (Lipinski definition) is 19. The predicted octanol–water partition coefficient (Wildman–Crippen LogP) is -8.01. The first-order chi connectivity index (χ1) is 44.2. The van der Waals surface area contributed by atoms with Crippen molar-refractivity contribution >= 4 is 105 Å². The number of rotatable bonds is 40. The smallest absolute Gasteiger partial charge is 0.326 e. The zero-order chi connectivity index (χ0) is 68.7. The molecule has 0 spiro atoms. The van der Waals surface area contributed by atoms with E-state index >= 15 is 0 Å². The minimum Gasteiger partial charge on any atom is -0.480 e. The summed E-state index contributed by atoms with van der Waals surface area (Å²) in [6.45, 7) is -3.01. The Morgan fingerprint density at radius 3 is 1.44 bits per heavy atom. The van der Waals surface area contributed by atoms with E-state index in [1.165, 1.54) is 0 Å². The van der Waals surface area contributed by atoms with E-state index in [4.69, 9.17) is 22.3 Å². The fourth-order valence-corrected chi connectivity index (χ4v) is 8.82. The zero-order valence-corrected chi connectivity index (χ0v) is 51.0. The van der Waals surface area contributed by atoms with Gasteiger partial charge in [0.05, 0.1) is 64.1 Å². The van der Waals surface area contributed by atoms with Crippen LogP contribution in [0.1, 0.15) is 57.1 Å². The van der Waals surface area contributed by atoms with Crippen molar-refractivity contribution < 1.29 is 87.9 Å². The number of aliphatic imine (C=N–C) groups is 1. The van der Waals surface area contributed by atoms with Crippen molar-refractivity contribution in [3.63, 3.8) is 0 Å². The van der Waals surface area contributed by atoms with Crippen LogP contribution in [0.4, 0.5) is 0 Å². The number of benzene rings is 2. The average molecular weight is 1310 g/mol. The van der Waals surface area contributed by atoms with Gasteiger partial charge in [0, 0.05) is 53.7 Å². The molecule has 0 saturated carbocycles. The number of para-hydroxylation sites is 2. The first-order valence-corrected chi connectivity index (χ1v) is 29.4. The fourth-order valence-electron chi connectivity index (χ4n) is 8.82. The number of nitrogens with two attached hydrogens (primary N) is 3. The highest BCUT2D eigenvalue weighted by Gasteiger charge is 2.33. The number of carbonyl (C=O) groups is 13. The standard InChI is InChI=1S/C57H82N18O18/c1-29(77)48(53(88)70-24-44(81)65-25-45(82)71-40(56(92)93)19-32-21-64-38-14-6-4-11-34(32)38)74-46(83)26-67-43(80)23-69-51(86)39(15-9-17-62-57(60)61-16-8-7-12-35(58)55(90)91)72-52(87)41(28-76)73-54(89)49(30(2)78)75-47(84)27-66-42(79)22-68-50(85)36(59)18-31-20-63-37-13-5-3-10-33(31)37/h3-6,10-11,13-14,20-21,29-30,35-36,39-41,48-49,63-64,76-78H,7-9,12,15-19,22-28,58-59H2,1-2H3,(H,65,81)(H,66,79)(H,67,80)(H,68,85)(H,69,86)(H,70,88)(H,71,82)(H,72,87)(H,73,89)(H,74,83)(H,75,84)(H,90,91)(H,92,93)(H3,60,61,62)/t29-,30-,35+,36+,39+,40+,41+,48+,49+/m1/s1. The number of hydrogen-bond donors (Lipinski definition) is 22. The Hall–Kier alpha value is -10.3. The van der Waals surface area contributed by atoms with Gasteiger partial charge < -0.3 is 117 Å². The number of aromatic amines is 2. The molecule has 0 unspecified atom stereocenters. The summed E-state index contributed by atoms with van der Waals surface area (Å²) in [6, 6.07) is 4.24. The third-order valence-corrected chi connectivity index (χ3v) is 13.9. The van der Waals surface area contributed by atoms with Gasteiger partial charge in [0.15, 0.2) is 5.96 Å². The Balaban J connectivity index is 1.27. The maximum absolute atomic E-state index is 13.6. The summed E-state index contributed by atoms with van der Waals surface area (Å²) in [5, 5.41) is 78.8. The van der Waals surface area contributed by atoms with Crippen molar-refractivity contribution in [2.75, 3.05) is 59.0 Å². The van der Waals surface area contributed by atoms with Crippen LogP contribution in [0.5, 0.6) is 0 Å². The number of amides is 11. The Morgan fingerprint density at radius 1 is 0.473 bits per heavy atom. The van der Waals surface area contributed by atoms with Crippen LogP contribution in [0.2, 0.25) is 0 Å². The summed E-state index contributed by atoms with van der Waals surface area (Å²) in [6.07, 6.45) is 1.17. The van der Waals surface area contributed by atoms with E-state index in [1.54, 1.807) is 36.7 Å². The second-order valence-corrected chi connectivity index (χ2v) is 21.3. The zero-order valence-electron chi connectivity index (χ0n) is 51.0. The van der Waals surface area contributed by atoms with Crippen LogP contribution < -0.4 is 81.0 Å². The van der Waals surface area contributed by atoms with Crippen molar-refractivity contribution in [2.24, 2.45) is 22.2 Å². The van der Waals surface area contributed by atoms with Crippen molar-refractivity contribution in [3.05, 3.63) is 72.1 Å². The van der Waals surface area contributed by atoms with Crippen LogP contribution in [0.25, 0.3) is 21.8 Å². The highest BCUT2D eigenvalue weighted by molar-refractivity contribution is 5.98. The lowest BCUT2D eigenvalue weighted by molar-refractivity contribution is -0.141. The molecule has 93 heavy (non-hydrogen) atoms. The third-order valence-electron chi connectivity index (χ3n) is 13.9. The second-order valence-electron chi connectivity index (χ2n) is 21.3. The number of aliphatic carboxylic acids is 2. The molecule has 36 heteroatoms. The molecule has 0 aliphatic rings. The van der Waals surface area contributed by atoms with Gasteiger partial charge in [0.2, 0.25) is 65.0 Å². The molecule has 0 radical (unpaired) electrons. The number of aromatic nitrogens is 2. The van der Waals surface area contributed by atoms with Crippen LogP contribution in [-0.2, 0) is 75.2 Å². The monoisotopic (exact) mass is 1310 g/mol. The summed E-state index contributed by atoms with van der Waals surface area (Å²) < 4.78 is 0. The molecular weight excluding hydrogens is 1220 g/mol. The van der Waals surface area contributed by atoms with Crippen molar-refractivity contribution in [1.82, 2.24) is 73.8 Å². The molecule has 0 fully saturated rings. The number of guanidine groups is 1. The number of carbonyl (C=O) groups excluding carboxylic acids is 11. The largest absolute Gasteiger partial charge is 0.480 e. The Kier molecular flexibility index (Phi) is 31.0. The quantitative estimate of drug-likeness (QED) is 0.0112. The summed E-state index contributed by atoms with van der Waals surface area (Å²) in [7, 11) is 0. The number of unbranched alkanes of at least 4 members (excludes halogenated alkanes) is 1. The van der Waals surface area contributed by atoms with E-state index in [9.17, 15) is 82.8 Å². The first kappa shape index (κ1) is 75.2. The molecule has 2 aromatic heterocycles. The highest BCUT2D eigenvalue weighted by atomic mass is 16.4. The molecule has 0 aliphatic heterocycles. The van der Waals surface area contributed by atoms with Gasteiger partial charge in [-0.05, 0) is 75.6 Å². The van der Waals surface area contributed by atoms with Gasteiger partial charge in [-0.2, -0.15) is 0 Å². The topological polar surface area (TPSA) is 589 Å². The van der Waals surface area contributed by atoms with E-state index in [0.29, 0.717) is 24.9 Å². The molecule has 4 aromatic rings. The summed E-state index contributed by atoms with van der Waals surface area (Å²) in [5.74, 6) is -13.2. The van der Waals surface area contributed by atoms with Crippen LogP contribution in [0, 0.1) is 0 Å². The molecule has 0 aliphatic carbocycles. The highest BCUT2D eigenvalue weighted by Crippen LogP contribution is 2.20. The average Bonchev–Trinajstić information content (AvgIpc) is 1.78. The van der Waals surface area contributed by atoms with E-state index in [2.05, 4.69) is 78.8 Å². The summed E-state index contributed by atoms with van der Waals surface area (Å²) in [4.78, 5) is 176. The SMILES string of the molecule is C[C@@H](O)[C@H](NC(=O)CNC(=O)CNC(=O)[C@H](CCCN=C(N)NCCCC[C@H](N)C(=O)O)NC(=O)[C@H](CO)NC(=O)[C@@H](NC(=O)CNC(=O)CNC(=O)[C@@H](N)Cc1c[nH]c2ccccc12)[C@@H](C)O)C(=O)NCC(=O)NCC(=O)N[C@@H](Cc1c[nH]c2ccccc12)C(=O)O. The van der Waals surface area contributed by atoms with Gasteiger partial charge >= 0.3 is 11.9 Å². The number of H-pyrrole nitrogens is 2. The molecule has 0 saturated heterocycles. The molecule has 2 aromatic carbocycles. The predicted molar refractivity (Wildman–Crippen MR) is 331 cm³/mol. The lowest BCUT2D eigenvalue weighted by atomic mass is 10.1. The van der Waals surface area contributed by atoms with Crippen LogP contribution in [0.15, 0.2) is 65.9 Å². The van der Waals surface area contributed by atoms with E-state index in [0.717, 1.165) is 41.2 Å². The number of nitrogens with one attached hydrogen (secondary N) is 14. The number of aliphatic hydroxyl groups is 3. The minimum absolute atomic E-state index is 0.0221. The molecule has 4 rings (SSSR count).